The van der Waals surface area contributed by atoms with Crippen molar-refractivity contribution in [1.82, 2.24) is 10.3 Å². The Hall–Kier alpha value is -1.30. The lowest BCUT2D eigenvalue weighted by Crippen LogP contribution is -2.30. The van der Waals surface area contributed by atoms with Crippen LogP contribution >= 0.6 is 0 Å². The van der Waals surface area contributed by atoms with Gasteiger partial charge in [0.15, 0.2) is 0 Å². The summed E-state index contributed by atoms with van der Waals surface area (Å²) in [6.45, 7) is 2.55. The van der Waals surface area contributed by atoms with E-state index in [4.69, 9.17) is 4.74 Å². The molecule has 1 aliphatic heterocycles. The lowest BCUT2D eigenvalue weighted by molar-refractivity contribution is -0.137. The van der Waals surface area contributed by atoms with Crippen LogP contribution in [0, 0.1) is 5.92 Å². The van der Waals surface area contributed by atoms with Crippen LogP contribution in [0.1, 0.15) is 24.8 Å². The molecule has 1 saturated heterocycles. The first-order valence-electron chi connectivity index (χ1n) is 6.42. The monoisotopic (exact) mass is 274 g/mol. The van der Waals surface area contributed by atoms with Crippen molar-refractivity contribution in [3.05, 3.63) is 23.9 Å². The highest BCUT2D eigenvalue weighted by Gasteiger charge is 2.30. The van der Waals surface area contributed by atoms with Gasteiger partial charge in [-0.05, 0) is 44.3 Å². The molecule has 0 spiro atoms. The Kier molecular flexibility index (Phi) is 4.63. The lowest BCUT2D eigenvalue weighted by Gasteiger charge is -2.22. The number of halogens is 3. The van der Waals surface area contributed by atoms with E-state index in [0.717, 1.165) is 31.8 Å². The molecule has 0 unspecified atom stereocenters. The fourth-order valence-electron chi connectivity index (χ4n) is 2.13. The minimum atomic E-state index is -4.35. The van der Waals surface area contributed by atoms with Gasteiger partial charge in [0.05, 0.1) is 12.2 Å². The SMILES string of the molecule is FC(F)(F)c1ccc(OCC[C@@H]2CCCNC2)nc1. The van der Waals surface area contributed by atoms with Gasteiger partial charge in [-0.15, -0.1) is 0 Å². The molecule has 0 amide bonds. The minimum Gasteiger partial charge on any atom is -0.478 e. The molecule has 2 rings (SSSR count). The third kappa shape index (κ3) is 4.38. The van der Waals surface area contributed by atoms with Crippen LogP contribution in [0.4, 0.5) is 13.2 Å². The van der Waals surface area contributed by atoms with Crippen LogP contribution in [-0.4, -0.2) is 24.7 Å². The molecule has 1 aliphatic rings. The number of alkyl halides is 3. The Bertz CT molecular complexity index is 386. The van der Waals surface area contributed by atoms with E-state index in [1.807, 2.05) is 0 Å². The zero-order valence-corrected chi connectivity index (χ0v) is 10.5. The van der Waals surface area contributed by atoms with Gasteiger partial charge in [-0.3, -0.25) is 0 Å². The molecule has 106 valence electrons. The quantitative estimate of drug-likeness (QED) is 0.916. The number of ether oxygens (including phenoxy) is 1. The van der Waals surface area contributed by atoms with Crippen LogP contribution in [0.2, 0.25) is 0 Å². The predicted octanol–water partition coefficient (Wildman–Crippen LogP) is 2.87. The van der Waals surface area contributed by atoms with Crippen molar-refractivity contribution in [2.45, 2.75) is 25.4 Å². The maximum Gasteiger partial charge on any atom is 0.417 e. The smallest absolute Gasteiger partial charge is 0.417 e. The molecule has 2 heterocycles. The molecular formula is C13H17F3N2O. The van der Waals surface area contributed by atoms with Crippen LogP contribution in [0.25, 0.3) is 0 Å². The van der Waals surface area contributed by atoms with E-state index in [1.54, 1.807) is 0 Å². The third-order valence-electron chi connectivity index (χ3n) is 3.24. The van der Waals surface area contributed by atoms with Crippen LogP contribution in [0.15, 0.2) is 18.3 Å². The maximum atomic E-state index is 12.3. The van der Waals surface area contributed by atoms with Crippen LogP contribution in [0.5, 0.6) is 5.88 Å². The molecule has 1 aromatic heterocycles. The molecule has 19 heavy (non-hydrogen) atoms. The summed E-state index contributed by atoms with van der Waals surface area (Å²) in [4.78, 5) is 3.67. The van der Waals surface area contributed by atoms with Gasteiger partial charge >= 0.3 is 6.18 Å². The Morgan fingerprint density at radius 1 is 1.37 bits per heavy atom. The van der Waals surface area contributed by atoms with Crippen LogP contribution < -0.4 is 10.1 Å². The van der Waals surface area contributed by atoms with E-state index in [0.29, 0.717) is 12.5 Å². The number of hydrogen-bond donors (Lipinski definition) is 1. The van der Waals surface area contributed by atoms with E-state index in [9.17, 15) is 13.2 Å². The normalized spacial score (nSPS) is 20.3. The van der Waals surface area contributed by atoms with Crippen molar-refractivity contribution < 1.29 is 17.9 Å². The highest BCUT2D eigenvalue weighted by atomic mass is 19.4. The van der Waals surface area contributed by atoms with Gasteiger partial charge in [0.25, 0.3) is 0 Å². The van der Waals surface area contributed by atoms with Crippen molar-refractivity contribution in [2.75, 3.05) is 19.7 Å². The summed E-state index contributed by atoms with van der Waals surface area (Å²) in [5, 5.41) is 3.31. The van der Waals surface area contributed by atoms with E-state index in [-0.39, 0.29) is 5.88 Å². The van der Waals surface area contributed by atoms with Crippen LogP contribution in [-0.2, 0) is 6.18 Å². The second kappa shape index (κ2) is 6.23. The highest BCUT2D eigenvalue weighted by molar-refractivity contribution is 5.20. The number of nitrogens with one attached hydrogen (secondary N) is 1. The van der Waals surface area contributed by atoms with Crippen molar-refractivity contribution in [3.8, 4) is 5.88 Å². The van der Waals surface area contributed by atoms with Gasteiger partial charge in [0.1, 0.15) is 0 Å². The summed E-state index contributed by atoms with van der Waals surface area (Å²) < 4.78 is 42.4. The van der Waals surface area contributed by atoms with Gasteiger partial charge in [0, 0.05) is 12.3 Å². The predicted molar refractivity (Wildman–Crippen MR) is 64.9 cm³/mol. The highest BCUT2D eigenvalue weighted by Crippen LogP contribution is 2.29. The first kappa shape index (κ1) is 14.1. The number of hydrogen-bond acceptors (Lipinski definition) is 3. The standard InChI is InChI=1S/C13H17F3N2O/c14-13(15,16)11-3-4-12(18-9-11)19-7-5-10-2-1-6-17-8-10/h3-4,9-10,17H,1-2,5-8H2/t10-/m0/s1. The number of pyridine rings is 1. The zero-order chi connectivity index (χ0) is 13.7. The van der Waals surface area contributed by atoms with Gasteiger partial charge in [-0.2, -0.15) is 13.2 Å². The van der Waals surface area contributed by atoms with Gasteiger partial charge in [0.2, 0.25) is 5.88 Å². The average molecular weight is 274 g/mol. The zero-order valence-electron chi connectivity index (χ0n) is 10.5. The molecule has 0 aromatic carbocycles. The largest absolute Gasteiger partial charge is 0.478 e. The van der Waals surface area contributed by atoms with Gasteiger partial charge in [-0.25, -0.2) is 4.98 Å². The fourth-order valence-corrected chi connectivity index (χ4v) is 2.13. The van der Waals surface area contributed by atoms with E-state index in [2.05, 4.69) is 10.3 Å². The number of nitrogens with zero attached hydrogens (tertiary/aromatic N) is 1. The summed E-state index contributed by atoms with van der Waals surface area (Å²) in [5.41, 5.74) is -0.753. The van der Waals surface area contributed by atoms with Crippen molar-refractivity contribution in [3.63, 3.8) is 0 Å². The molecule has 0 saturated carbocycles. The minimum absolute atomic E-state index is 0.247. The molecule has 3 nitrogen and oxygen atoms in total. The Morgan fingerprint density at radius 2 is 2.21 bits per heavy atom. The molecule has 1 aromatic rings. The summed E-state index contributed by atoms with van der Waals surface area (Å²) in [5.74, 6) is 0.833. The Balaban J connectivity index is 1.76. The van der Waals surface area contributed by atoms with E-state index < -0.39 is 11.7 Å². The van der Waals surface area contributed by atoms with Gasteiger partial charge < -0.3 is 10.1 Å². The first-order chi connectivity index (χ1) is 9.05. The number of piperidine rings is 1. The van der Waals surface area contributed by atoms with Gasteiger partial charge in [-0.1, -0.05) is 0 Å². The summed E-state index contributed by atoms with van der Waals surface area (Å²) in [6.07, 6.45) is -0.299. The van der Waals surface area contributed by atoms with E-state index >= 15 is 0 Å². The molecule has 0 aliphatic carbocycles. The summed E-state index contributed by atoms with van der Waals surface area (Å²) >= 11 is 0. The molecule has 1 atom stereocenters. The molecule has 1 N–H and O–H groups in total. The maximum absolute atomic E-state index is 12.3. The summed E-state index contributed by atoms with van der Waals surface area (Å²) in [6, 6.07) is 2.26. The van der Waals surface area contributed by atoms with Crippen molar-refractivity contribution >= 4 is 0 Å². The second-order valence-corrected chi connectivity index (χ2v) is 4.73. The molecule has 0 radical (unpaired) electrons. The second-order valence-electron chi connectivity index (χ2n) is 4.73. The van der Waals surface area contributed by atoms with Crippen molar-refractivity contribution in [2.24, 2.45) is 5.92 Å². The number of aromatic nitrogens is 1. The Morgan fingerprint density at radius 3 is 2.79 bits per heavy atom. The molecular weight excluding hydrogens is 257 g/mol. The van der Waals surface area contributed by atoms with E-state index in [1.165, 1.54) is 18.9 Å². The molecule has 6 heteroatoms. The lowest BCUT2D eigenvalue weighted by atomic mass is 9.97. The fraction of sp³-hybridized carbons (Fsp3) is 0.615. The Labute approximate surface area is 110 Å². The average Bonchev–Trinajstić information content (AvgIpc) is 2.39. The topological polar surface area (TPSA) is 34.1 Å². The number of rotatable bonds is 4. The third-order valence-corrected chi connectivity index (χ3v) is 3.24. The van der Waals surface area contributed by atoms with Crippen LogP contribution in [0.3, 0.4) is 0 Å². The summed E-state index contributed by atoms with van der Waals surface area (Å²) in [7, 11) is 0. The van der Waals surface area contributed by atoms with Crippen molar-refractivity contribution in [1.29, 1.82) is 0 Å². The molecule has 1 fully saturated rings. The first-order valence-corrected chi connectivity index (χ1v) is 6.42. The molecule has 0 bridgehead atoms.